The van der Waals surface area contributed by atoms with E-state index in [1.54, 1.807) is 0 Å². The highest BCUT2D eigenvalue weighted by Crippen LogP contribution is 2.14. The van der Waals surface area contributed by atoms with Crippen molar-refractivity contribution in [3.05, 3.63) is 0 Å². The molecular weight excluding hydrogens is 223 g/mol. The highest BCUT2D eigenvalue weighted by molar-refractivity contribution is 4.51. The van der Waals surface area contributed by atoms with Crippen LogP contribution in [0.5, 0.6) is 0 Å². The number of hydrogen-bond donors (Lipinski definition) is 1. The quantitative estimate of drug-likeness (QED) is 0.628. The SMILES string of the molecule is CC(C)NCCOCCCOCC(F)(F)F. The fourth-order valence-electron chi connectivity index (χ4n) is 0.973. The summed E-state index contributed by atoms with van der Waals surface area (Å²) in [4.78, 5) is 0. The standard InChI is InChI=1S/C10H20F3NO2/c1-9(2)14-4-7-15-5-3-6-16-8-10(11,12)13/h9,14H,3-8H2,1-2H3. The molecule has 0 aromatic rings. The molecule has 1 N–H and O–H groups in total. The first-order chi connectivity index (χ1) is 7.42. The maximum atomic E-state index is 11.6. The van der Waals surface area contributed by atoms with Crippen LogP contribution in [0, 0.1) is 0 Å². The average molecular weight is 243 g/mol. The van der Waals surface area contributed by atoms with Crippen molar-refractivity contribution in [3.8, 4) is 0 Å². The van der Waals surface area contributed by atoms with Crippen LogP contribution in [0.2, 0.25) is 0 Å². The molecule has 0 rings (SSSR count). The van der Waals surface area contributed by atoms with Gasteiger partial charge >= 0.3 is 6.18 Å². The summed E-state index contributed by atoms with van der Waals surface area (Å²) in [6.07, 6.45) is -3.75. The molecule has 0 heterocycles. The van der Waals surface area contributed by atoms with Crippen molar-refractivity contribution >= 4 is 0 Å². The molecule has 0 radical (unpaired) electrons. The van der Waals surface area contributed by atoms with Crippen LogP contribution in [-0.2, 0) is 9.47 Å². The normalized spacial score (nSPS) is 12.4. The third-order valence-electron chi connectivity index (χ3n) is 1.64. The Hall–Kier alpha value is -0.330. The van der Waals surface area contributed by atoms with Crippen LogP contribution in [-0.4, -0.2) is 45.2 Å². The van der Waals surface area contributed by atoms with E-state index in [1.807, 2.05) is 13.8 Å². The Kier molecular flexibility index (Phi) is 8.60. The predicted molar refractivity (Wildman–Crippen MR) is 55.4 cm³/mol. The summed E-state index contributed by atoms with van der Waals surface area (Å²) < 4.78 is 44.5. The number of hydrogen-bond acceptors (Lipinski definition) is 3. The van der Waals surface area contributed by atoms with Crippen LogP contribution in [0.4, 0.5) is 13.2 Å². The van der Waals surface area contributed by atoms with Crippen LogP contribution in [0.1, 0.15) is 20.3 Å². The summed E-state index contributed by atoms with van der Waals surface area (Å²) in [5.41, 5.74) is 0. The van der Waals surface area contributed by atoms with E-state index in [0.717, 1.165) is 6.54 Å². The number of alkyl halides is 3. The van der Waals surface area contributed by atoms with Gasteiger partial charge in [0.1, 0.15) is 6.61 Å². The van der Waals surface area contributed by atoms with Gasteiger partial charge in [-0.05, 0) is 6.42 Å². The van der Waals surface area contributed by atoms with Gasteiger partial charge in [0, 0.05) is 25.8 Å². The van der Waals surface area contributed by atoms with Crippen molar-refractivity contribution in [1.29, 1.82) is 0 Å². The lowest BCUT2D eigenvalue weighted by atomic mass is 10.4. The van der Waals surface area contributed by atoms with E-state index >= 15 is 0 Å². The molecule has 0 saturated carbocycles. The van der Waals surface area contributed by atoms with Crippen molar-refractivity contribution in [2.45, 2.75) is 32.5 Å². The largest absolute Gasteiger partial charge is 0.411 e. The molecule has 0 aliphatic heterocycles. The van der Waals surface area contributed by atoms with Gasteiger partial charge in [-0.15, -0.1) is 0 Å². The third-order valence-corrected chi connectivity index (χ3v) is 1.64. The second-order valence-electron chi connectivity index (χ2n) is 3.74. The predicted octanol–water partition coefficient (Wildman–Crippen LogP) is 1.97. The Morgan fingerprint density at radius 1 is 1.06 bits per heavy atom. The molecule has 0 bridgehead atoms. The first-order valence-corrected chi connectivity index (χ1v) is 5.37. The molecule has 0 aromatic heterocycles. The Morgan fingerprint density at radius 3 is 2.25 bits per heavy atom. The molecule has 3 nitrogen and oxygen atoms in total. The van der Waals surface area contributed by atoms with Gasteiger partial charge in [-0.2, -0.15) is 13.2 Å². The minimum absolute atomic E-state index is 0.0805. The van der Waals surface area contributed by atoms with Crippen LogP contribution < -0.4 is 5.32 Å². The highest BCUT2D eigenvalue weighted by Gasteiger charge is 2.27. The summed E-state index contributed by atoms with van der Waals surface area (Å²) in [6, 6.07) is 0.415. The van der Waals surface area contributed by atoms with E-state index in [1.165, 1.54) is 0 Å². The van der Waals surface area contributed by atoms with Gasteiger partial charge in [0.05, 0.1) is 6.61 Å². The summed E-state index contributed by atoms with van der Waals surface area (Å²) in [5.74, 6) is 0. The van der Waals surface area contributed by atoms with Crippen LogP contribution in [0.3, 0.4) is 0 Å². The zero-order valence-corrected chi connectivity index (χ0v) is 9.77. The molecule has 98 valence electrons. The second kappa shape index (κ2) is 8.78. The van der Waals surface area contributed by atoms with E-state index in [4.69, 9.17) is 4.74 Å². The Bertz CT molecular complexity index is 163. The average Bonchev–Trinajstić information content (AvgIpc) is 2.13. The molecule has 0 unspecified atom stereocenters. The lowest BCUT2D eigenvalue weighted by Gasteiger charge is -2.09. The summed E-state index contributed by atoms with van der Waals surface area (Å²) in [6.45, 7) is 4.71. The molecule has 6 heteroatoms. The van der Waals surface area contributed by atoms with Crippen LogP contribution in [0.25, 0.3) is 0 Å². The van der Waals surface area contributed by atoms with E-state index in [-0.39, 0.29) is 6.61 Å². The third kappa shape index (κ3) is 13.7. The number of ether oxygens (including phenoxy) is 2. The van der Waals surface area contributed by atoms with Crippen LogP contribution >= 0.6 is 0 Å². The monoisotopic (exact) mass is 243 g/mol. The van der Waals surface area contributed by atoms with Gasteiger partial charge in [-0.3, -0.25) is 0 Å². The first kappa shape index (κ1) is 15.7. The summed E-state index contributed by atoms with van der Waals surface area (Å²) >= 11 is 0. The lowest BCUT2D eigenvalue weighted by Crippen LogP contribution is -2.26. The Morgan fingerprint density at radius 2 is 1.69 bits per heavy atom. The van der Waals surface area contributed by atoms with Crippen LogP contribution in [0.15, 0.2) is 0 Å². The molecule has 0 fully saturated rings. The zero-order chi connectivity index (χ0) is 12.4. The fourth-order valence-corrected chi connectivity index (χ4v) is 0.973. The van der Waals surface area contributed by atoms with Crippen molar-refractivity contribution < 1.29 is 22.6 Å². The smallest absolute Gasteiger partial charge is 0.380 e. The van der Waals surface area contributed by atoms with E-state index in [9.17, 15) is 13.2 Å². The first-order valence-electron chi connectivity index (χ1n) is 5.37. The molecule has 0 aliphatic rings. The molecule has 0 amide bonds. The topological polar surface area (TPSA) is 30.5 Å². The lowest BCUT2D eigenvalue weighted by molar-refractivity contribution is -0.174. The van der Waals surface area contributed by atoms with Gasteiger partial charge < -0.3 is 14.8 Å². The minimum atomic E-state index is -4.23. The Balaban J connectivity index is 3.05. The molecule has 16 heavy (non-hydrogen) atoms. The summed E-state index contributed by atoms with van der Waals surface area (Å²) in [7, 11) is 0. The minimum Gasteiger partial charge on any atom is -0.380 e. The number of halogens is 3. The molecule has 0 aliphatic carbocycles. The van der Waals surface area contributed by atoms with Crippen molar-refractivity contribution in [3.63, 3.8) is 0 Å². The maximum Gasteiger partial charge on any atom is 0.411 e. The molecular formula is C10H20F3NO2. The Labute approximate surface area is 94.3 Å². The molecule has 0 saturated heterocycles. The van der Waals surface area contributed by atoms with Gasteiger partial charge in [0.25, 0.3) is 0 Å². The van der Waals surface area contributed by atoms with E-state index in [2.05, 4.69) is 10.1 Å². The number of nitrogens with one attached hydrogen (secondary N) is 1. The van der Waals surface area contributed by atoms with E-state index in [0.29, 0.717) is 25.7 Å². The van der Waals surface area contributed by atoms with Crippen molar-refractivity contribution in [2.24, 2.45) is 0 Å². The van der Waals surface area contributed by atoms with Gasteiger partial charge in [0.15, 0.2) is 0 Å². The van der Waals surface area contributed by atoms with Gasteiger partial charge in [0.2, 0.25) is 0 Å². The number of rotatable bonds is 9. The van der Waals surface area contributed by atoms with Crippen molar-refractivity contribution in [2.75, 3.05) is 33.0 Å². The van der Waals surface area contributed by atoms with Crippen molar-refractivity contribution in [1.82, 2.24) is 5.32 Å². The molecule has 0 atom stereocenters. The van der Waals surface area contributed by atoms with Gasteiger partial charge in [-0.25, -0.2) is 0 Å². The van der Waals surface area contributed by atoms with Gasteiger partial charge in [-0.1, -0.05) is 13.8 Å². The zero-order valence-electron chi connectivity index (χ0n) is 9.77. The van der Waals surface area contributed by atoms with E-state index < -0.39 is 12.8 Å². The maximum absolute atomic E-state index is 11.6. The molecule has 0 spiro atoms. The summed E-state index contributed by atoms with van der Waals surface area (Å²) in [5, 5.41) is 3.16. The highest BCUT2D eigenvalue weighted by atomic mass is 19.4. The fraction of sp³-hybridized carbons (Fsp3) is 1.00. The second-order valence-corrected chi connectivity index (χ2v) is 3.74. The molecule has 0 aromatic carbocycles.